The molecule has 22 heavy (non-hydrogen) atoms. The average Bonchev–Trinajstić information content (AvgIpc) is 3.08. The molecule has 1 aromatic carbocycles. The van der Waals surface area contributed by atoms with Gasteiger partial charge in [0.15, 0.2) is 0 Å². The molecular formula is C16H14BrNO3S. The first-order valence-corrected chi connectivity index (χ1v) is 8.50. The Kier molecular flexibility index (Phi) is 3.82. The number of ketones is 1. The number of fused-ring (bicyclic) bond motifs is 1. The number of esters is 1. The van der Waals surface area contributed by atoms with Crippen molar-refractivity contribution >= 4 is 44.7 Å². The number of hydrogen-bond donors (Lipinski definition) is 0. The Balaban J connectivity index is 2.24. The van der Waals surface area contributed by atoms with E-state index in [-0.39, 0.29) is 12.4 Å². The standard InChI is InChI=1S/C16H14BrNO3S/c1-3-21-15(20)16(13-5-4-8-22-13)14(19)11-7-6-10(17)9-12(11)18(16)2/h4-9H,3H2,1-2H3/t16-/m1/s1. The maximum atomic E-state index is 13.1. The maximum absolute atomic E-state index is 13.1. The first kappa shape index (κ1) is 15.2. The molecular weight excluding hydrogens is 366 g/mol. The quantitative estimate of drug-likeness (QED) is 0.603. The first-order chi connectivity index (χ1) is 10.5. The Labute approximate surface area is 140 Å². The molecule has 0 saturated carbocycles. The van der Waals surface area contributed by atoms with E-state index in [1.54, 1.807) is 37.1 Å². The smallest absolute Gasteiger partial charge is 0.345 e. The lowest BCUT2D eigenvalue weighted by atomic mass is 9.91. The number of Topliss-reactive ketones (excluding diaryl/α,β-unsaturated/α-hetero) is 1. The molecule has 0 N–H and O–H groups in total. The van der Waals surface area contributed by atoms with Crippen LogP contribution in [-0.2, 0) is 15.1 Å². The van der Waals surface area contributed by atoms with Crippen LogP contribution in [0, 0.1) is 0 Å². The van der Waals surface area contributed by atoms with Gasteiger partial charge in [-0.15, -0.1) is 11.3 Å². The molecule has 0 radical (unpaired) electrons. The van der Waals surface area contributed by atoms with Crippen molar-refractivity contribution in [1.29, 1.82) is 0 Å². The van der Waals surface area contributed by atoms with E-state index in [0.717, 1.165) is 10.2 Å². The van der Waals surface area contributed by atoms with Crippen LogP contribution in [0.15, 0.2) is 40.2 Å². The number of halogens is 1. The minimum absolute atomic E-state index is 0.229. The number of carbonyl (C=O) groups is 2. The molecule has 0 aliphatic carbocycles. The highest BCUT2D eigenvalue weighted by atomic mass is 79.9. The number of carbonyl (C=O) groups excluding carboxylic acids is 2. The third-order valence-electron chi connectivity index (χ3n) is 3.85. The van der Waals surface area contributed by atoms with Crippen LogP contribution < -0.4 is 4.90 Å². The summed E-state index contributed by atoms with van der Waals surface area (Å²) >= 11 is 4.80. The molecule has 1 aromatic heterocycles. The van der Waals surface area contributed by atoms with Gasteiger partial charge in [0.05, 0.1) is 12.3 Å². The molecule has 3 rings (SSSR count). The Morgan fingerprint density at radius 2 is 2.18 bits per heavy atom. The number of rotatable bonds is 3. The third-order valence-corrected chi connectivity index (χ3v) is 5.32. The van der Waals surface area contributed by atoms with Gasteiger partial charge in [-0.3, -0.25) is 4.79 Å². The second-order valence-electron chi connectivity index (χ2n) is 4.96. The lowest BCUT2D eigenvalue weighted by Crippen LogP contribution is -2.52. The van der Waals surface area contributed by atoms with Crippen molar-refractivity contribution in [3.63, 3.8) is 0 Å². The van der Waals surface area contributed by atoms with Crippen LogP contribution in [0.4, 0.5) is 5.69 Å². The monoisotopic (exact) mass is 379 g/mol. The van der Waals surface area contributed by atoms with Crippen molar-refractivity contribution in [2.24, 2.45) is 0 Å². The van der Waals surface area contributed by atoms with Crippen LogP contribution in [0.1, 0.15) is 22.2 Å². The molecule has 0 bridgehead atoms. The molecule has 0 spiro atoms. The summed E-state index contributed by atoms with van der Waals surface area (Å²) in [6, 6.07) is 9.03. The minimum atomic E-state index is -1.42. The van der Waals surface area contributed by atoms with Gasteiger partial charge in [0.2, 0.25) is 11.3 Å². The van der Waals surface area contributed by atoms with Crippen molar-refractivity contribution < 1.29 is 14.3 Å². The molecule has 0 unspecified atom stereocenters. The predicted molar refractivity (Wildman–Crippen MR) is 89.5 cm³/mol. The minimum Gasteiger partial charge on any atom is -0.464 e. The highest BCUT2D eigenvalue weighted by Crippen LogP contribution is 2.46. The van der Waals surface area contributed by atoms with Crippen LogP contribution in [-0.4, -0.2) is 25.4 Å². The first-order valence-electron chi connectivity index (χ1n) is 6.82. The van der Waals surface area contributed by atoms with Crippen LogP contribution >= 0.6 is 27.3 Å². The van der Waals surface area contributed by atoms with E-state index in [1.807, 2.05) is 17.5 Å². The van der Waals surface area contributed by atoms with Gasteiger partial charge in [-0.25, -0.2) is 4.79 Å². The van der Waals surface area contributed by atoms with Crippen LogP contribution in [0.2, 0.25) is 0 Å². The van der Waals surface area contributed by atoms with Gasteiger partial charge in [0.1, 0.15) is 0 Å². The van der Waals surface area contributed by atoms with E-state index in [4.69, 9.17) is 4.74 Å². The Hall–Kier alpha value is -1.66. The zero-order valence-electron chi connectivity index (χ0n) is 12.1. The number of likely N-dealkylation sites (N-methyl/N-ethyl adjacent to an activating group) is 1. The highest BCUT2D eigenvalue weighted by molar-refractivity contribution is 9.10. The maximum Gasteiger partial charge on any atom is 0.345 e. The fraction of sp³-hybridized carbons (Fsp3) is 0.250. The summed E-state index contributed by atoms with van der Waals surface area (Å²) in [6.45, 7) is 1.97. The largest absolute Gasteiger partial charge is 0.464 e. The lowest BCUT2D eigenvalue weighted by molar-refractivity contribution is -0.147. The Morgan fingerprint density at radius 1 is 1.41 bits per heavy atom. The molecule has 2 heterocycles. The summed E-state index contributed by atoms with van der Waals surface area (Å²) in [7, 11) is 1.76. The van der Waals surface area contributed by atoms with E-state index in [1.165, 1.54) is 11.3 Å². The second-order valence-corrected chi connectivity index (χ2v) is 6.82. The van der Waals surface area contributed by atoms with Gasteiger partial charge in [0.25, 0.3) is 0 Å². The van der Waals surface area contributed by atoms with Gasteiger partial charge in [0, 0.05) is 22.0 Å². The molecule has 4 nitrogen and oxygen atoms in total. The van der Waals surface area contributed by atoms with Crippen molar-refractivity contribution in [2.75, 3.05) is 18.6 Å². The molecule has 2 aromatic rings. The van der Waals surface area contributed by atoms with E-state index in [9.17, 15) is 9.59 Å². The number of anilines is 1. The van der Waals surface area contributed by atoms with Crippen molar-refractivity contribution in [1.82, 2.24) is 0 Å². The van der Waals surface area contributed by atoms with Crippen LogP contribution in [0.25, 0.3) is 0 Å². The molecule has 114 valence electrons. The second kappa shape index (κ2) is 5.52. The number of thiophene rings is 1. The molecule has 0 fully saturated rings. The summed E-state index contributed by atoms with van der Waals surface area (Å²) in [5, 5.41) is 1.86. The van der Waals surface area contributed by atoms with E-state index in [0.29, 0.717) is 10.4 Å². The van der Waals surface area contributed by atoms with Gasteiger partial charge in [-0.05, 0) is 36.6 Å². The predicted octanol–water partition coefficient (Wildman–Crippen LogP) is 3.60. The summed E-state index contributed by atoms with van der Waals surface area (Å²) in [4.78, 5) is 28.2. The number of nitrogens with zero attached hydrogens (tertiary/aromatic N) is 1. The molecule has 1 atom stereocenters. The summed E-state index contributed by atoms with van der Waals surface area (Å²) in [5.41, 5.74) is -0.166. The lowest BCUT2D eigenvalue weighted by Gasteiger charge is -2.32. The molecule has 0 amide bonds. The summed E-state index contributed by atoms with van der Waals surface area (Å²) in [5.74, 6) is -0.768. The molecule has 1 aliphatic rings. The fourth-order valence-electron chi connectivity index (χ4n) is 2.83. The van der Waals surface area contributed by atoms with Gasteiger partial charge in [-0.2, -0.15) is 0 Å². The molecule has 1 aliphatic heterocycles. The van der Waals surface area contributed by atoms with Gasteiger partial charge in [-0.1, -0.05) is 22.0 Å². The van der Waals surface area contributed by atoms with Crippen molar-refractivity contribution in [3.8, 4) is 0 Å². The van der Waals surface area contributed by atoms with Crippen LogP contribution in [0.3, 0.4) is 0 Å². The summed E-state index contributed by atoms with van der Waals surface area (Å²) < 4.78 is 6.11. The van der Waals surface area contributed by atoms with E-state index in [2.05, 4.69) is 15.9 Å². The Morgan fingerprint density at radius 3 is 2.82 bits per heavy atom. The zero-order chi connectivity index (χ0) is 15.9. The van der Waals surface area contributed by atoms with E-state index < -0.39 is 11.5 Å². The normalized spacial score (nSPS) is 20.1. The average molecular weight is 380 g/mol. The van der Waals surface area contributed by atoms with Crippen molar-refractivity contribution in [2.45, 2.75) is 12.5 Å². The molecule has 6 heteroatoms. The highest BCUT2D eigenvalue weighted by Gasteiger charge is 2.58. The summed E-state index contributed by atoms with van der Waals surface area (Å²) in [6.07, 6.45) is 0. The van der Waals surface area contributed by atoms with Crippen LogP contribution in [0.5, 0.6) is 0 Å². The Bertz CT molecular complexity index is 744. The number of ether oxygens (including phenoxy) is 1. The fourth-order valence-corrected chi connectivity index (χ4v) is 4.12. The van der Waals surface area contributed by atoms with Gasteiger partial charge >= 0.3 is 5.97 Å². The molecule has 0 saturated heterocycles. The third kappa shape index (κ3) is 1.94. The number of hydrogen-bond acceptors (Lipinski definition) is 5. The zero-order valence-corrected chi connectivity index (χ0v) is 14.5. The van der Waals surface area contributed by atoms with E-state index >= 15 is 0 Å². The SMILES string of the molecule is CCOC(=O)[C@@]1(c2cccs2)C(=O)c2ccc(Br)cc2N1C. The topological polar surface area (TPSA) is 46.6 Å². The van der Waals surface area contributed by atoms with Gasteiger partial charge < -0.3 is 9.64 Å². The number of benzene rings is 1. The van der Waals surface area contributed by atoms with Crippen molar-refractivity contribution in [3.05, 3.63) is 50.6 Å².